The van der Waals surface area contributed by atoms with Crippen LogP contribution >= 0.6 is 0 Å². The van der Waals surface area contributed by atoms with Gasteiger partial charge in [0.15, 0.2) is 0 Å². The molecule has 2 aliphatic rings. The van der Waals surface area contributed by atoms with Gasteiger partial charge in [-0.3, -0.25) is 4.31 Å². The maximum atomic E-state index is 12.9. The highest BCUT2D eigenvalue weighted by Gasteiger charge is 2.32. The lowest BCUT2D eigenvalue weighted by atomic mass is 9.96. The number of nitrogens with zero attached hydrogens (tertiary/aromatic N) is 1. The zero-order valence-electron chi connectivity index (χ0n) is 12.6. The van der Waals surface area contributed by atoms with Crippen molar-refractivity contribution in [3.8, 4) is 0 Å². The van der Waals surface area contributed by atoms with Crippen LogP contribution in [0, 0.1) is 11.8 Å². The minimum Gasteiger partial charge on any atom is -0.316 e. The molecule has 0 radical (unpaired) electrons. The van der Waals surface area contributed by atoms with Gasteiger partial charge in [0, 0.05) is 6.54 Å². The number of piperidine rings is 1. The predicted octanol–water partition coefficient (Wildman–Crippen LogP) is 2.01. The Morgan fingerprint density at radius 3 is 2.90 bits per heavy atom. The van der Waals surface area contributed by atoms with E-state index >= 15 is 0 Å². The molecule has 21 heavy (non-hydrogen) atoms. The number of hydrogen-bond donors (Lipinski definition) is 1. The number of sulfonamides is 1. The number of hydrogen-bond acceptors (Lipinski definition) is 3. The first kappa shape index (κ1) is 14.9. The van der Waals surface area contributed by atoms with Gasteiger partial charge < -0.3 is 5.32 Å². The van der Waals surface area contributed by atoms with E-state index in [0.717, 1.165) is 43.6 Å². The van der Waals surface area contributed by atoms with Gasteiger partial charge >= 0.3 is 0 Å². The molecule has 2 unspecified atom stereocenters. The van der Waals surface area contributed by atoms with Gasteiger partial charge in [-0.15, -0.1) is 0 Å². The summed E-state index contributed by atoms with van der Waals surface area (Å²) in [5.41, 5.74) is 2.04. The van der Waals surface area contributed by atoms with Gasteiger partial charge in [0.05, 0.1) is 11.4 Å². The number of rotatable bonds is 3. The van der Waals surface area contributed by atoms with Crippen molar-refractivity contribution in [2.75, 3.05) is 29.7 Å². The molecule has 4 nitrogen and oxygen atoms in total. The van der Waals surface area contributed by atoms with Gasteiger partial charge in [-0.2, -0.15) is 0 Å². The Morgan fingerprint density at radius 1 is 1.33 bits per heavy atom. The Hall–Kier alpha value is -1.07. The quantitative estimate of drug-likeness (QED) is 0.929. The molecule has 1 aromatic carbocycles. The SMILES string of the molecule is CC1Cc2ccccc2N(S(=O)(=O)CC2CCCNC2)C1. The largest absolute Gasteiger partial charge is 0.316 e. The molecule has 1 fully saturated rings. The lowest BCUT2D eigenvalue weighted by molar-refractivity contribution is 0.403. The summed E-state index contributed by atoms with van der Waals surface area (Å²) in [5, 5.41) is 3.31. The van der Waals surface area contributed by atoms with E-state index in [1.807, 2.05) is 18.2 Å². The van der Waals surface area contributed by atoms with E-state index in [-0.39, 0.29) is 11.7 Å². The Kier molecular flexibility index (Phi) is 4.22. The highest BCUT2D eigenvalue weighted by molar-refractivity contribution is 7.92. The standard InChI is InChI=1S/C16H24N2O2S/c1-13-9-15-6-2-3-7-16(15)18(11-13)21(19,20)12-14-5-4-8-17-10-14/h2-3,6-7,13-14,17H,4-5,8-12H2,1H3. The average molecular weight is 308 g/mol. The number of fused-ring (bicyclic) bond motifs is 1. The summed E-state index contributed by atoms with van der Waals surface area (Å²) in [7, 11) is -3.24. The van der Waals surface area contributed by atoms with Gasteiger partial charge in [-0.05, 0) is 55.8 Å². The second-order valence-electron chi connectivity index (χ2n) is 6.46. The molecule has 0 saturated carbocycles. The second kappa shape index (κ2) is 5.97. The molecule has 1 aromatic rings. The molecule has 1 saturated heterocycles. The van der Waals surface area contributed by atoms with Crippen LogP contribution in [0.15, 0.2) is 24.3 Å². The third kappa shape index (κ3) is 3.24. The highest BCUT2D eigenvalue weighted by Crippen LogP contribution is 2.32. The third-order valence-electron chi connectivity index (χ3n) is 4.49. The topological polar surface area (TPSA) is 49.4 Å². The van der Waals surface area contributed by atoms with Gasteiger partial charge in [0.2, 0.25) is 10.0 Å². The fourth-order valence-corrected chi connectivity index (χ4v) is 5.49. The van der Waals surface area contributed by atoms with E-state index in [4.69, 9.17) is 0 Å². The molecule has 2 atom stereocenters. The average Bonchev–Trinajstić information content (AvgIpc) is 2.47. The number of nitrogens with one attached hydrogen (secondary N) is 1. The Balaban J connectivity index is 1.84. The molecular weight excluding hydrogens is 284 g/mol. The van der Waals surface area contributed by atoms with Gasteiger partial charge in [-0.25, -0.2) is 8.42 Å². The normalized spacial score (nSPS) is 26.4. The van der Waals surface area contributed by atoms with Crippen molar-refractivity contribution in [3.05, 3.63) is 29.8 Å². The molecular formula is C16H24N2O2S. The zero-order valence-corrected chi connectivity index (χ0v) is 13.4. The van der Waals surface area contributed by atoms with Crippen LogP contribution in [0.3, 0.4) is 0 Å². The molecule has 0 aromatic heterocycles. The third-order valence-corrected chi connectivity index (χ3v) is 6.40. The Labute approximate surface area is 127 Å². The van der Waals surface area contributed by atoms with Crippen LogP contribution < -0.4 is 9.62 Å². The van der Waals surface area contributed by atoms with Gasteiger partial charge in [-0.1, -0.05) is 25.1 Å². The van der Waals surface area contributed by atoms with Gasteiger partial charge in [0.25, 0.3) is 0 Å². The summed E-state index contributed by atoms with van der Waals surface area (Å²) < 4.78 is 27.4. The van der Waals surface area contributed by atoms with Crippen LogP contribution in [0.2, 0.25) is 0 Å². The van der Waals surface area contributed by atoms with E-state index in [2.05, 4.69) is 18.3 Å². The maximum absolute atomic E-state index is 12.9. The van der Waals surface area contributed by atoms with Crippen molar-refractivity contribution in [1.29, 1.82) is 0 Å². The second-order valence-corrected chi connectivity index (χ2v) is 8.40. The predicted molar refractivity (Wildman–Crippen MR) is 86.0 cm³/mol. The van der Waals surface area contributed by atoms with Crippen LogP contribution in [-0.2, 0) is 16.4 Å². The fraction of sp³-hybridized carbons (Fsp3) is 0.625. The summed E-state index contributed by atoms with van der Waals surface area (Å²) in [5.74, 6) is 0.883. The molecule has 0 aliphatic carbocycles. The molecule has 1 N–H and O–H groups in total. The van der Waals surface area contributed by atoms with Crippen LogP contribution in [0.4, 0.5) is 5.69 Å². The molecule has 5 heteroatoms. The summed E-state index contributed by atoms with van der Waals surface area (Å²) in [6.07, 6.45) is 3.05. The van der Waals surface area contributed by atoms with E-state index < -0.39 is 10.0 Å². The van der Waals surface area contributed by atoms with Crippen LogP contribution in [0.1, 0.15) is 25.3 Å². The van der Waals surface area contributed by atoms with Crippen molar-refractivity contribution in [2.24, 2.45) is 11.8 Å². The molecule has 2 heterocycles. The molecule has 0 amide bonds. The highest BCUT2D eigenvalue weighted by atomic mass is 32.2. The summed E-state index contributed by atoms with van der Waals surface area (Å²) >= 11 is 0. The minimum absolute atomic E-state index is 0.244. The maximum Gasteiger partial charge on any atom is 0.235 e. The van der Waals surface area contributed by atoms with Gasteiger partial charge in [0.1, 0.15) is 0 Å². The zero-order chi connectivity index (χ0) is 14.9. The fourth-order valence-electron chi connectivity index (χ4n) is 3.47. The lowest BCUT2D eigenvalue weighted by Crippen LogP contribution is -2.43. The summed E-state index contributed by atoms with van der Waals surface area (Å²) in [4.78, 5) is 0. The first-order chi connectivity index (χ1) is 10.1. The molecule has 0 spiro atoms. The monoisotopic (exact) mass is 308 g/mol. The number of benzene rings is 1. The molecule has 2 aliphatic heterocycles. The minimum atomic E-state index is -3.24. The van der Waals surface area contributed by atoms with Crippen LogP contribution in [0.5, 0.6) is 0 Å². The van der Waals surface area contributed by atoms with Crippen molar-refractivity contribution >= 4 is 15.7 Å². The van der Waals surface area contributed by atoms with Crippen molar-refractivity contribution in [1.82, 2.24) is 5.32 Å². The Morgan fingerprint density at radius 2 is 2.14 bits per heavy atom. The van der Waals surface area contributed by atoms with Crippen molar-refractivity contribution in [3.63, 3.8) is 0 Å². The van der Waals surface area contributed by atoms with Crippen molar-refractivity contribution < 1.29 is 8.42 Å². The number of para-hydroxylation sites is 1. The van der Waals surface area contributed by atoms with Crippen LogP contribution in [-0.4, -0.2) is 33.8 Å². The molecule has 3 rings (SSSR count). The van der Waals surface area contributed by atoms with E-state index in [1.54, 1.807) is 4.31 Å². The Bertz CT molecular complexity index is 594. The first-order valence-electron chi connectivity index (χ1n) is 7.85. The van der Waals surface area contributed by atoms with E-state index in [1.165, 1.54) is 0 Å². The first-order valence-corrected chi connectivity index (χ1v) is 9.46. The van der Waals surface area contributed by atoms with E-state index in [9.17, 15) is 8.42 Å². The molecule has 0 bridgehead atoms. The number of anilines is 1. The summed E-state index contributed by atoms with van der Waals surface area (Å²) in [6.45, 7) is 4.57. The molecule has 116 valence electrons. The van der Waals surface area contributed by atoms with E-state index in [0.29, 0.717) is 12.5 Å². The van der Waals surface area contributed by atoms with Crippen molar-refractivity contribution in [2.45, 2.75) is 26.2 Å². The lowest BCUT2D eigenvalue weighted by Gasteiger charge is -2.35. The smallest absolute Gasteiger partial charge is 0.235 e. The summed E-state index contributed by atoms with van der Waals surface area (Å²) in [6, 6.07) is 7.92. The van der Waals surface area contributed by atoms with Crippen LogP contribution in [0.25, 0.3) is 0 Å².